The quantitative estimate of drug-likeness (QED) is 0.370. The van der Waals surface area contributed by atoms with E-state index in [2.05, 4.69) is 45.2 Å². The lowest BCUT2D eigenvalue weighted by molar-refractivity contribution is -0.119. The summed E-state index contributed by atoms with van der Waals surface area (Å²) >= 11 is 0. The van der Waals surface area contributed by atoms with E-state index in [0.717, 1.165) is 31.7 Å². The average Bonchev–Trinajstić information content (AvgIpc) is 3.16. The second-order valence-corrected chi connectivity index (χ2v) is 5.57. The van der Waals surface area contributed by atoms with Gasteiger partial charge in [0.15, 0.2) is 5.96 Å². The molecule has 1 aromatic carbocycles. The average molecular weight is 342 g/mol. The van der Waals surface area contributed by atoms with Crippen molar-refractivity contribution in [2.75, 3.05) is 19.6 Å². The summed E-state index contributed by atoms with van der Waals surface area (Å²) in [6, 6.07) is 14.0. The van der Waals surface area contributed by atoms with Gasteiger partial charge in [0.05, 0.1) is 12.8 Å². The number of amides is 1. The van der Waals surface area contributed by atoms with Crippen molar-refractivity contribution in [3.8, 4) is 0 Å². The minimum atomic E-state index is -0.141. The highest BCUT2D eigenvalue weighted by molar-refractivity contribution is 5.84. The number of furan rings is 1. The maximum absolute atomic E-state index is 11.8. The van der Waals surface area contributed by atoms with E-state index in [0.29, 0.717) is 12.5 Å². The van der Waals surface area contributed by atoms with E-state index < -0.39 is 0 Å². The van der Waals surface area contributed by atoms with Gasteiger partial charge in [0.2, 0.25) is 5.91 Å². The number of hydrogen-bond donors (Lipinski definition) is 3. The highest BCUT2D eigenvalue weighted by atomic mass is 16.3. The van der Waals surface area contributed by atoms with Gasteiger partial charge in [-0.05, 0) is 37.5 Å². The Labute approximate surface area is 148 Å². The van der Waals surface area contributed by atoms with Crippen LogP contribution in [-0.2, 0) is 17.8 Å². The monoisotopic (exact) mass is 342 g/mol. The number of aryl methyl sites for hydroxylation is 1. The Morgan fingerprint density at radius 2 is 1.92 bits per heavy atom. The zero-order valence-electron chi connectivity index (χ0n) is 14.6. The molecule has 0 aliphatic heterocycles. The fraction of sp³-hybridized carbons (Fsp3) is 0.368. The predicted octanol–water partition coefficient (Wildman–Crippen LogP) is 2.08. The SMILES string of the molecule is CCNC(=NCC(=O)NCc1ccco1)NCCCc1ccccc1. The second kappa shape index (κ2) is 10.9. The molecular formula is C19H26N4O2. The molecule has 0 atom stereocenters. The van der Waals surface area contributed by atoms with E-state index in [1.807, 2.05) is 19.1 Å². The Bertz CT molecular complexity index is 639. The summed E-state index contributed by atoms with van der Waals surface area (Å²) < 4.78 is 5.17. The van der Waals surface area contributed by atoms with Gasteiger partial charge in [0.25, 0.3) is 0 Å². The van der Waals surface area contributed by atoms with Crippen LogP contribution in [0, 0.1) is 0 Å². The number of carbonyl (C=O) groups excluding carboxylic acids is 1. The third-order valence-electron chi connectivity index (χ3n) is 3.54. The van der Waals surface area contributed by atoms with Crippen LogP contribution < -0.4 is 16.0 Å². The molecule has 6 heteroatoms. The highest BCUT2D eigenvalue weighted by Crippen LogP contribution is 2.01. The lowest BCUT2D eigenvalue weighted by Gasteiger charge is -2.11. The normalized spacial score (nSPS) is 11.2. The van der Waals surface area contributed by atoms with Crippen molar-refractivity contribution in [1.29, 1.82) is 0 Å². The fourth-order valence-corrected chi connectivity index (χ4v) is 2.29. The first-order valence-corrected chi connectivity index (χ1v) is 8.63. The molecule has 134 valence electrons. The molecule has 1 aromatic heterocycles. The Hall–Kier alpha value is -2.76. The maximum atomic E-state index is 11.8. The van der Waals surface area contributed by atoms with Crippen molar-refractivity contribution >= 4 is 11.9 Å². The Morgan fingerprint density at radius 1 is 1.08 bits per heavy atom. The van der Waals surface area contributed by atoms with Crippen molar-refractivity contribution in [2.24, 2.45) is 4.99 Å². The van der Waals surface area contributed by atoms with Crippen LogP contribution in [0.2, 0.25) is 0 Å². The molecule has 0 bridgehead atoms. The molecule has 25 heavy (non-hydrogen) atoms. The van der Waals surface area contributed by atoms with Gasteiger partial charge >= 0.3 is 0 Å². The fourth-order valence-electron chi connectivity index (χ4n) is 2.29. The van der Waals surface area contributed by atoms with E-state index in [1.165, 1.54) is 5.56 Å². The number of guanidine groups is 1. The molecule has 0 spiro atoms. The lowest BCUT2D eigenvalue weighted by Crippen LogP contribution is -2.39. The number of benzene rings is 1. The standard InChI is InChI=1S/C19H26N4O2/c1-2-20-19(21-12-6-10-16-8-4-3-5-9-16)23-15-18(24)22-14-17-11-7-13-25-17/h3-5,7-9,11,13H,2,6,10,12,14-15H2,1H3,(H,22,24)(H2,20,21,23). The van der Waals surface area contributed by atoms with Crippen molar-refractivity contribution in [2.45, 2.75) is 26.3 Å². The molecule has 6 nitrogen and oxygen atoms in total. The number of aliphatic imine (C=N–C) groups is 1. The van der Waals surface area contributed by atoms with Crippen LogP contribution >= 0.6 is 0 Å². The first-order chi connectivity index (χ1) is 12.3. The summed E-state index contributed by atoms with van der Waals surface area (Å²) in [4.78, 5) is 16.2. The third-order valence-corrected chi connectivity index (χ3v) is 3.54. The molecule has 0 saturated heterocycles. The van der Waals surface area contributed by atoms with E-state index in [-0.39, 0.29) is 12.5 Å². The molecule has 3 N–H and O–H groups in total. The number of nitrogens with zero attached hydrogens (tertiary/aromatic N) is 1. The van der Waals surface area contributed by atoms with Crippen LogP contribution in [0.1, 0.15) is 24.7 Å². The molecule has 0 fully saturated rings. The summed E-state index contributed by atoms with van der Waals surface area (Å²) in [6.07, 6.45) is 3.60. The van der Waals surface area contributed by atoms with Crippen molar-refractivity contribution in [3.05, 3.63) is 60.1 Å². The molecule has 0 saturated carbocycles. The van der Waals surface area contributed by atoms with Crippen LogP contribution in [0.15, 0.2) is 58.1 Å². The minimum Gasteiger partial charge on any atom is -0.467 e. The third kappa shape index (κ3) is 7.56. The Kier molecular flexibility index (Phi) is 8.11. The molecular weight excluding hydrogens is 316 g/mol. The number of rotatable bonds is 9. The second-order valence-electron chi connectivity index (χ2n) is 5.57. The van der Waals surface area contributed by atoms with E-state index in [4.69, 9.17) is 4.42 Å². The van der Waals surface area contributed by atoms with Crippen molar-refractivity contribution < 1.29 is 9.21 Å². The molecule has 2 rings (SSSR count). The number of nitrogens with one attached hydrogen (secondary N) is 3. The predicted molar refractivity (Wildman–Crippen MR) is 99.3 cm³/mol. The van der Waals surface area contributed by atoms with Crippen molar-refractivity contribution in [3.63, 3.8) is 0 Å². The van der Waals surface area contributed by atoms with Crippen molar-refractivity contribution in [1.82, 2.24) is 16.0 Å². The molecule has 2 aromatic rings. The van der Waals surface area contributed by atoms with Crippen LogP contribution in [0.3, 0.4) is 0 Å². The van der Waals surface area contributed by atoms with Gasteiger partial charge in [-0.1, -0.05) is 30.3 Å². The highest BCUT2D eigenvalue weighted by Gasteiger charge is 2.03. The van der Waals surface area contributed by atoms with Crippen LogP contribution in [0.5, 0.6) is 0 Å². The van der Waals surface area contributed by atoms with E-state index >= 15 is 0 Å². The van der Waals surface area contributed by atoms with Gasteiger partial charge in [-0.15, -0.1) is 0 Å². The van der Waals surface area contributed by atoms with Gasteiger partial charge in [-0.2, -0.15) is 0 Å². The van der Waals surface area contributed by atoms with Gasteiger partial charge in [-0.3, -0.25) is 4.79 Å². The van der Waals surface area contributed by atoms with Crippen LogP contribution in [-0.4, -0.2) is 31.5 Å². The summed E-state index contributed by atoms with van der Waals surface area (Å²) in [6.45, 7) is 4.00. The molecule has 1 heterocycles. The van der Waals surface area contributed by atoms with Gasteiger partial charge in [0.1, 0.15) is 12.3 Å². The number of carbonyl (C=O) groups is 1. The number of hydrogen-bond acceptors (Lipinski definition) is 3. The van der Waals surface area contributed by atoms with Crippen LogP contribution in [0.25, 0.3) is 0 Å². The van der Waals surface area contributed by atoms with Crippen LogP contribution in [0.4, 0.5) is 0 Å². The first-order valence-electron chi connectivity index (χ1n) is 8.63. The minimum absolute atomic E-state index is 0.0781. The summed E-state index contributed by atoms with van der Waals surface area (Å²) in [7, 11) is 0. The first kappa shape index (κ1) is 18.6. The topological polar surface area (TPSA) is 78.7 Å². The zero-order valence-corrected chi connectivity index (χ0v) is 14.6. The molecule has 0 aliphatic carbocycles. The maximum Gasteiger partial charge on any atom is 0.242 e. The molecule has 1 amide bonds. The largest absolute Gasteiger partial charge is 0.467 e. The molecule has 0 unspecified atom stereocenters. The lowest BCUT2D eigenvalue weighted by atomic mass is 10.1. The van der Waals surface area contributed by atoms with Gasteiger partial charge in [0, 0.05) is 13.1 Å². The molecule has 0 radical (unpaired) electrons. The summed E-state index contributed by atoms with van der Waals surface area (Å²) in [5.41, 5.74) is 1.32. The zero-order chi connectivity index (χ0) is 17.7. The van der Waals surface area contributed by atoms with E-state index in [9.17, 15) is 4.79 Å². The summed E-state index contributed by atoms with van der Waals surface area (Å²) in [5.74, 6) is 1.24. The molecule has 0 aliphatic rings. The Balaban J connectivity index is 1.68. The Morgan fingerprint density at radius 3 is 2.64 bits per heavy atom. The smallest absolute Gasteiger partial charge is 0.242 e. The van der Waals surface area contributed by atoms with Gasteiger partial charge in [-0.25, -0.2) is 4.99 Å². The van der Waals surface area contributed by atoms with Gasteiger partial charge < -0.3 is 20.4 Å². The van der Waals surface area contributed by atoms with E-state index in [1.54, 1.807) is 12.3 Å². The summed E-state index contributed by atoms with van der Waals surface area (Å²) in [5, 5.41) is 9.18.